The Bertz CT molecular complexity index is 770. The quantitative estimate of drug-likeness (QED) is 0.758. The summed E-state index contributed by atoms with van der Waals surface area (Å²) in [7, 11) is 0. The Kier molecular flexibility index (Phi) is 5.33. The van der Waals surface area contributed by atoms with Gasteiger partial charge in [0.25, 0.3) is 0 Å². The van der Waals surface area contributed by atoms with E-state index >= 15 is 0 Å². The molecular formula is C23H29N3O. The Morgan fingerprint density at radius 3 is 2.44 bits per heavy atom. The van der Waals surface area contributed by atoms with Crippen LogP contribution in [0.3, 0.4) is 0 Å². The Labute approximate surface area is 162 Å². The lowest BCUT2D eigenvalue weighted by Crippen LogP contribution is -2.51. The number of carbonyl (C=O) groups excluding carboxylic acids is 1. The molecule has 0 radical (unpaired) electrons. The van der Waals surface area contributed by atoms with Gasteiger partial charge in [0.15, 0.2) is 0 Å². The molecule has 1 heterocycles. The second-order valence-corrected chi connectivity index (χ2v) is 7.86. The molecule has 1 aliphatic heterocycles. The van der Waals surface area contributed by atoms with E-state index in [1.807, 2.05) is 29.2 Å². The highest BCUT2D eigenvalue weighted by Crippen LogP contribution is 2.39. The van der Waals surface area contributed by atoms with Crippen molar-refractivity contribution >= 4 is 17.4 Å². The van der Waals surface area contributed by atoms with E-state index in [1.165, 1.54) is 24.8 Å². The molecule has 2 amide bonds. The molecule has 0 bridgehead atoms. The number of fused-ring (bicyclic) bond motifs is 1. The molecule has 4 rings (SSSR count). The van der Waals surface area contributed by atoms with Crippen LogP contribution in [0.2, 0.25) is 0 Å². The molecule has 2 aliphatic rings. The molecule has 2 aromatic carbocycles. The van der Waals surface area contributed by atoms with E-state index in [-0.39, 0.29) is 18.1 Å². The van der Waals surface area contributed by atoms with Crippen molar-refractivity contribution < 1.29 is 4.79 Å². The number of amides is 2. The minimum absolute atomic E-state index is 0.0556. The predicted molar refractivity (Wildman–Crippen MR) is 111 cm³/mol. The number of rotatable bonds is 3. The van der Waals surface area contributed by atoms with Crippen LogP contribution >= 0.6 is 0 Å². The zero-order valence-electron chi connectivity index (χ0n) is 16.0. The summed E-state index contributed by atoms with van der Waals surface area (Å²) in [6, 6.07) is 19.3. The van der Waals surface area contributed by atoms with Crippen LogP contribution in [0.4, 0.5) is 16.2 Å². The number of benzene rings is 2. The summed E-state index contributed by atoms with van der Waals surface area (Å²) in [5, 5.41) is 6.94. The third-order valence-electron chi connectivity index (χ3n) is 5.86. The fourth-order valence-corrected chi connectivity index (χ4v) is 4.49. The maximum atomic E-state index is 13.1. The SMILES string of the molecule is C[C@H]1C[C@H](Nc2ccccc2)c2ccccc2N1C(=O)NC1CCCCC1. The van der Waals surface area contributed by atoms with Crippen LogP contribution in [0.1, 0.15) is 57.1 Å². The molecule has 142 valence electrons. The van der Waals surface area contributed by atoms with Gasteiger partial charge in [-0.25, -0.2) is 4.79 Å². The Hall–Kier alpha value is -2.49. The molecule has 0 aromatic heterocycles. The minimum atomic E-state index is 0.0556. The van der Waals surface area contributed by atoms with Crippen LogP contribution in [0.25, 0.3) is 0 Å². The van der Waals surface area contributed by atoms with E-state index in [2.05, 4.69) is 47.9 Å². The summed E-state index contributed by atoms with van der Waals surface area (Å²) in [6.45, 7) is 2.15. The van der Waals surface area contributed by atoms with E-state index in [1.54, 1.807) is 0 Å². The van der Waals surface area contributed by atoms with Crippen molar-refractivity contribution in [2.75, 3.05) is 10.2 Å². The molecule has 2 aromatic rings. The van der Waals surface area contributed by atoms with Crippen LogP contribution < -0.4 is 15.5 Å². The van der Waals surface area contributed by atoms with Crippen molar-refractivity contribution in [2.45, 2.75) is 63.6 Å². The summed E-state index contributed by atoms with van der Waals surface area (Å²) >= 11 is 0. The van der Waals surface area contributed by atoms with Gasteiger partial charge in [0.1, 0.15) is 0 Å². The smallest absolute Gasteiger partial charge is 0.322 e. The summed E-state index contributed by atoms with van der Waals surface area (Å²) in [6.07, 6.45) is 6.84. The topological polar surface area (TPSA) is 44.4 Å². The molecule has 0 saturated heterocycles. The lowest BCUT2D eigenvalue weighted by atomic mass is 9.91. The van der Waals surface area contributed by atoms with Crippen molar-refractivity contribution in [3.8, 4) is 0 Å². The average Bonchev–Trinajstić information content (AvgIpc) is 2.69. The molecule has 2 N–H and O–H groups in total. The van der Waals surface area contributed by atoms with Crippen molar-refractivity contribution in [2.24, 2.45) is 0 Å². The first-order valence-electron chi connectivity index (χ1n) is 10.2. The summed E-state index contributed by atoms with van der Waals surface area (Å²) in [5.74, 6) is 0. The van der Waals surface area contributed by atoms with Crippen LogP contribution in [-0.4, -0.2) is 18.1 Å². The van der Waals surface area contributed by atoms with Gasteiger partial charge in [-0.05, 0) is 49.9 Å². The first-order valence-corrected chi connectivity index (χ1v) is 10.2. The Morgan fingerprint density at radius 1 is 0.963 bits per heavy atom. The highest BCUT2D eigenvalue weighted by molar-refractivity contribution is 5.94. The van der Waals surface area contributed by atoms with E-state index < -0.39 is 0 Å². The van der Waals surface area contributed by atoms with Gasteiger partial charge in [0.05, 0.1) is 11.7 Å². The largest absolute Gasteiger partial charge is 0.378 e. The third kappa shape index (κ3) is 3.95. The van der Waals surface area contributed by atoms with E-state index in [4.69, 9.17) is 0 Å². The summed E-state index contributed by atoms with van der Waals surface area (Å²) < 4.78 is 0. The lowest BCUT2D eigenvalue weighted by Gasteiger charge is -2.40. The fourth-order valence-electron chi connectivity index (χ4n) is 4.49. The van der Waals surface area contributed by atoms with Gasteiger partial charge in [0, 0.05) is 17.8 Å². The summed E-state index contributed by atoms with van der Waals surface area (Å²) in [5.41, 5.74) is 3.33. The van der Waals surface area contributed by atoms with Crippen molar-refractivity contribution in [1.29, 1.82) is 0 Å². The highest BCUT2D eigenvalue weighted by atomic mass is 16.2. The molecule has 2 atom stereocenters. The maximum absolute atomic E-state index is 13.1. The van der Waals surface area contributed by atoms with Gasteiger partial charge in [-0.15, -0.1) is 0 Å². The number of nitrogens with zero attached hydrogens (tertiary/aromatic N) is 1. The van der Waals surface area contributed by atoms with Gasteiger partial charge in [-0.1, -0.05) is 55.7 Å². The van der Waals surface area contributed by atoms with Crippen LogP contribution in [0.15, 0.2) is 54.6 Å². The number of para-hydroxylation sites is 2. The molecule has 0 spiro atoms. The number of hydrogen-bond acceptors (Lipinski definition) is 2. The van der Waals surface area contributed by atoms with Gasteiger partial charge in [0.2, 0.25) is 0 Å². The minimum Gasteiger partial charge on any atom is -0.378 e. The summed E-state index contributed by atoms with van der Waals surface area (Å²) in [4.78, 5) is 15.1. The maximum Gasteiger partial charge on any atom is 0.322 e. The molecule has 1 aliphatic carbocycles. The molecule has 1 fully saturated rings. The zero-order chi connectivity index (χ0) is 18.6. The second kappa shape index (κ2) is 8.03. The van der Waals surface area contributed by atoms with E-state index in [0.29, 0.717) is 6.04 Å². The molecule has 0 unspecified atom stereocenters. The monoisotopic (exact) mass is 363 g/mol. The van der Waals surface area contributed by atoms with Crippen LogP contribution in [0.5, 0.6) is 0 Å². The number of hydrogen-bond donors (Lipinski definition) is 2. The van der Waals surface area contributed by atoms with Crippen molar-refractivity contribution in [3.63, 3.8) is 0 Å². The van der Waals surface area contributed by atoms with Gasteiger partial charge >= 0.3 is 6.03 Å². The first-order chi connectivity index (χ1) is 13.2. The Morgan fingerprint density at radius 2 is 1.67 bits per heavy atom. The van der Waals surface area contributed by atoms with Crippen molar-refractivity contribution in [1.82, 2.24) is 5.32 Å². The average molecular weight is 364 g/mol. The first kappa shape index (κ1) is 17.9. The number of anilines is 2. The molecule has 4 nitrogen and oxygen atoms in total. The van der Waals surface area contributed by atoms with Gasteiger partial charge < -0.3 is 10.6 Å². The second-order valence-electron chi connectivity index (χ2n) is 7.86. The van der Waals surface area contributed by atoms with Crippen molar-refractivity contribution in [3.05, 3.63) is 60.2 Å². The molecule has 4 heteroatoms. The molecule has 27 heavy (non-hydrogen) atoms. The molecular weight excluding hydrogens is 334 g/mol. The van der Waals surface area contributed by atoms with Gasteiger partial charge in [-0.2, -0.15) is 0 Å². The fraction of sp³-hybridized carbons (Fsp3) is 0.435. The standard InChI is InChI=1S/C23H29N3O/c1-17-16-21(24-18-10-4-2-5-11-18)20-14-8-9-15-22(20)26(17)23(27)25-19-12-6-3-7-13-19/h2,4-5,8-11,14-15,17,19,21,24H,3,6-7,12-13,16H2,1H3,(H,25,27)/t17-,21-/m0/s1. The number of nitrogens with one attached hydrogen (secondary N) is 2. The lowest BCUT2D eigenvalue weighted by molar-refractivity contribution is 0.235. The number of carbonyl (C=O) groups is 1. The molecule has 1 saturated carbocycles. The number of urea groups is 1. The van der Waals surface area contributed by atoms with Crippen LogP contribution in [-0.2, 0) is 0 Å². The van der Waals surface area contributed by atoms with E-state index in [9.17, 15) is 4.79 Å². The van der Waals surface area contributed by atoms with Gasteiger partial charge in [-0.3, -0.25) is 4.90 Å². The normalized spacial score (nSPS) is 22.8. The highest BCUT2D eigenvalue weighted by Gasteiger charge is 2.34. The van der Waals surface area contributed by atoms with E-state index in [0.717, 1.165) is 30.6 Å². The third-order valence-corrected chi connectivity index (χ3v) is 5.86. The van der Waals surface area contributed by atoms with Crippen LogP contribution in [0, 0.1) is 0 Å². The zero-order valence-corrected chi connectivity index (χ0v) is 16.0. The Balaban J connectivity index is 1.56. The predicted octanol–water partition coefficient (Wildman–Crippen LogP) is 5.48.